The highest BCUT2D eigenvalue weighted by Gasteiger charge is 2.68. The zero-order valence-corrected chi connectivity index (χ0v) is 20.8. The Bertz CT molecular complexity index is 1460. The number of Topliss-reactive ketones (excluding diaryl/α,β-unsaturated/α-hetero) is 1. The lowest BCUT2D eigenvalue weighted by Gasteiger charge is -2.03. The van der Waals surface area contributed by atoms with E-state index < -0.39 is 11.9 Å². The second kappa shape index (κ2) is 8.41. The number of fused-ring (bicyclic) bond motifs is 2. The van der Waals surface area contributed by atoms with E-state index in [0.29, 0.717) is 16.7 Å². The summed E-state index contributed by atoms with van der Waals surface area (Å²) < 4.78 is 4.75. The summed E-state index contributed by atoms with van der Waals surface area (Å²) in [5.74, 6) is -1.14. The van der Waals surface area contributed by atoms with Crippen LogP contribution in [0.15, 0.2) is 48.7 Å². The first-order valence-corrected chi connectivity index (χ1v) is 11.4. The summed E-state index contributed by atoms with van der Waals surface area (Å²) in [6.07, 6.45) is 1.75. The lowest BCUT2D eigenvalue weighted by molar-refractivity contribution is 0.0599. The molecule has 1 aliphatic carbocycles. The molecule has 2 aromatic heterocycles. The number of benzene rings is 2. The number of rotatable bonds is 4. The maximum atomic E-state index is 12.9. The second-order valence-corrected chi connectivity index (χ2v) is 10.3. The Hall–Kier alpha value is -3.87. The van der Waals surface area contributed by atoms with E-state index in [2.05, 4.69) is 37.7 Å². The van der Waals surface area contributed by atoms with Crippen molar-refractivity contribution < 1.29 is 24.2 Å². The number of carboxylic acids is 1. The number of ketones is 1. The molecule has 5 rings (SSSR count). The molecule has 4 aromatic rings. The van der Waals surface area contributed by atoms with Crippen molar-refractivity contribution in [2.24, 2.45) is 16.7 Å². The highest BCUT2D eigenvalue weighted by atomic mass is 16.5. The van der Waals surface area contributed by atoms with Gasteiger partial charge in [0.1, 0.15) is 0 Å². The molecule has 0 amide bonds. The van der Waals surface area contributed by atoms with Gasteiger partial charge in [-0.05, 0) is 60.2 Å². The van der Waals surface area contributed by atoms with Crippen LogP contribution in [0.3, 0.4) is 0 Å². The Morgan fingerprint density at radius 2 is 1.54 bits per heavy atom. The molecule has 0 saturated heterocycles. The van der Waals surface area contributed by atoms with E-state index in [1.807, 2.05) is 19.1 Å². The van der Waals surface area contributed by atoms with Crippen LogP contribution in [0.25, 0.3) is 21.8 Å². The number of carbonyl (C=O) groups excluding carboxylic acids is 2. The number of H-pyrrole nitrogens is 2. The zero-order chi connectivity index (χ0) is 25.7. The Kier molecular flexibility index (Phi) is 5.83. The molecule has 7 heteroatoms. The van der Waals surface area contributed by atoms with Gasteiger partial charge in [-0.3, -0.25) is 4.79 Å². The smallest absolute Gasteiger partial charge is 0.337 e. The number of carboxylic acid groups (broad SMARTS) is 1. The van der Waals surface area contributed by atoms with E-state index in [0.717, 1.165) is 27.5 Å². The number of aromatic carboxylic acids is 1. The number of aromatic amines is 2. The van der Waals surface area contributed by atoms with Crippen LogP contribution < -0.4 is 0 Å². The fourth-order valence-corrected chi connectivity index (χ4v) is 4.99. The highest BCUT2D eigenvalue weighted by Crippen LogP contribution is 2.69. The minimum absolute atomic E-state index is 0.000725. The standard InChI is InChI=1S/C18H21NO3.C10H9NO2/c1-17(2)15(18(17,3)4)14(20)12-9-19-13-7-6-10(8-11(12)13)16(21)22-5;1-6-4-8-5-7(10(12)13)2-3-9(8)11-6/h6-9,15,19H,1-5H3;2-5,11H,1H3,(H,12,13). The molecule has 0 spiro atoms. The summed E-state index contributed by atoms with van der Waals surface area (Å²) in [7, 11) is 1.35. The summed E-state index contributed by atoms with van der Waals surface area (Å²) in [4.78, 5) is 41.5. The number of aryl methyl sites for hydroxylation is 1. The van der Waals surface area contributed by atoms with Crippen LogP contribution >= 0.6 is 0 Å². The van der Waals surface area contributed by atoms with Crippen LogP contribution in [0.1, 0.15) is 64.5 Å². The lowest BCUT2D eigenvalue weighted by Crippen LogP contribution is -2.07. The van der Waals surface area contributed by atoms with Gasteiger partial charge in [0, 0.05) is 45.2 Å². The van der Waals surface area contributed by atoms with Gasteiger partial charge in [0.05, 0.1) is 18.2 Å². The van der Waals surface area contributed by atoms with Gasteiger partial charge in [0.25, 0.3) is 0 Å². The molecule has 0 atom stereocenters. The predicted molar refractivity (Wildman–Crippen MR) is 135 cm³/mol. The average Bonchev–Trinajstić information content (AvgIpc) is 3.20. The molecular formula is C28H30N2O5. The molecule has 1 saturated carbocycles. The van der Waals surface area contributed by atoms with Crippen LogP contribution in [0, 0.1) is 23.7 Å². The van der Waals surface area contributed by atoms with Crippen LogP contribution in [0.5, 0.6) is 0 Å². The van der Waals surface area contributed by atoms with Gasteiger partial charge in [-0.25, -0.2) is 9.59 Å². The first-order chi connectivity index (χ1) is 16.4. The van der Waals surface area contributed by atoms with Crippen LogP contribution in [0.4, 0.5) is 0 Å². The van der Waals surface area contributed by atoms with Gasteiger partial charge >= 0.3 is 11.9 Å². The topological polar surface area (TPSA) is 112 Å². The predicted octanol–water partition coefficient (Wildman–Crippen LogP) is 5.99. The lowest BCUT2D eigenvalue weighted by atomic mass is 10.00. The van der Waals surface area contributed by atoms with E-state index >= 15 is 0 Å². The monoisotopic (exact) mass is 474 g/mol. The molecule has 3 N–H and O–H groups in total. The van der Waals surface area contributed by atoms with Gasteiger partial charge in [0.2, 0.25) is 0 Å². The van der Waals surface area contributed by atoms with Crippen molar-refractivity contribution in [1.29, 1.82) is 0 Å². The third-order valence-corrected chi connectivity index (χ3v) is 7.65. The van der Waals surface area contributed by atoms with E-state index in [-0.39, 0.29) is 22.5 Å². The van der Waals surface area contributed by atoms with Crippen molar-refractivity contribution in [2.75, 3.05) is 7.11 Å². The van der Waals surface area contributed by atoms with E-state index in [1.54, 1.807) is 36.5 Å². The molecule has 0 unspecified atom stereocenters. The maximum Gasteiger partial charge on any atom is 0.337 e. The van der Waals surface area contributed by atoms with Gasteiger partial charge in [-0.2, -0.15) is 0 Å². The van der Waals surface area contributed by atoms with Crippen LogP contribution in [-0.4, -0.2) is 39.9 Å². The molecule has 2 heterocycles. The Morgan fingerprint density at radius 3 is 2.14 bits per heavy atom. The molecule has 182 valence electrons. The summed E-state index contributed by atoms with van der Waals surface area (Å²) in [5, 5.41) is 10.5. The Morgan fingerprint density at radius 1 is 0.914 bits per heavy atom. The first kappa shape index (κ1) is 24.3. The molecule has 0 aliphatic heterocycles. The van der Waals surface area contributed by atoms with Crippen LogP contribution in [-0.2, 0) is 4.74 Å². The van der Waals surface area contributed by atoms with Crippen molar-refractivity contribution in [1.82, 2.24) is 9.97 Å². The normalized spacial score (nSPS) is 15.9. The van der Waals surface area contributed by atoms with E-state index in [1.165, 1.54) is 7.11 Å². The third-order valence-electron chi connectivity index (χ3n) is 7.65. The largest absolute Gasteiger partial charge is 0.478 e. The highest BCUT2D eigenvalue weighted by molar-refractivity contribution is 6.11. The van der Waals surface area contributed by atoms with Crippen molar-refractivity contribution in [3.05, 3.63) is 71.0 Å². The molecule has 2 aromatic carbocycles. The molecule has 0 radical (unpaired) electrons. The van der Waals surface area contributed by atoms with Gasteiger partial charge in [-0.1, -0.05) is 27.7 Å². The number of hydrogen-bond donors (Lipinski definition) is 3. The van der Waals surface area contributed by atoms with Crippen molar-refractivity contribution >= 4 is 39.5 Å². The minimum Gasteiger partial charge on any atom is -0.478 e. The fourth-order valence-electron chi connectivity index (χ4n) is 4.99. The summed E-state index contributed by atoms with van der Waals surface area (Å²) >= 11 is 0. The van der Waals surface area contributed by atoms with E-state index in [4.69, 9.17) is 9.84 Å². The van der Waals surface area contributed by atoms with Crippen molar-refractivity contribution in [2.45, 2.75) is 34.6 Å². The van der Waals surface area contributed by atoms with E-state index in [9.17, 15) is 14.4 Å². The van der Waals surface area contributed by atoms with Crippen molar-refractivity contribution in [3.63, 3.8) is 0 Å². The van der Waals surface area contributed by atoms with Gasteiger partial charge in [0.15, 0.2) is 5.78 Å². The number of aromatic nitrogens is 2. The van der Waals surface area contributed by atoms with Crippen molar-refractivity contribution in [3.8, 4) is 0 Å². The molecule has 1 aliphatic rings. The number of ether oxygens (including phenoxy) is 1. The fraction of sp³-hybridized carbons (Fsp3) is 0.321. The average molecular weight is 475 g/mol. The summed E-state index contributed by atoms with van der Waals surface area (Å²) in [6, 6.07) is 12.2. The molecule has 35 heavy (non-hydrogen) atoms. The number of carbonyl (C=O) groups is 3. The molecule has 1 fully saturated rings. The molecular weight excluding hydrogens is 444 g/mol. The summed E-state index contributed by atoms with van der Waals surface area (Å²) in [6.45, 7) is 10.5. The molecule has 7 nitrogen and oxygen atoms in total. The number of hydrogen-bond acceptors (Lipinski definition) is 4. The van der Waals surface area contributed by atoms with Crippen LogP contribution in [0.2, 0.25) is 0 Å². The first-order valence-electron chi connectivity index (χ1n) is 11.4. The Balaban J connectivity index is 0.000000189. The Labute approximate surface area is 203 Å². The zero-order valence-electron chi connectivity index (χ0n) is 20.8. The third kappa shape index (κ3) is 4.11. The minimum atomic E-state index is -0.888. The number of methoxy groups -OCH3 is 1. The van der Waals surface area contributed by atoms with Gasteiger partial charge < -0.3 is 19.8 Å². The second-order valence-electron chi connectivity index (χ2n) is 10.3. The maximum absolute atomic E-state index is 12.9. The number of esters is 1. The number of nitrogens with one attached hydrogen (secondary N) is 2. The quantitative estimate of drug-likeness (QED) is 0.248. The molecule has 0 bridgehead atoms. The van der Waals surface area contributed by atoms with Gasteiger partial charge in [-0.15, -0.1) is 0 Å². The summed E-state index contributed by atoms with van der Waals surface area (Å²) in [5.41, 5.74) is 4.29. The SMILES string of the molecule is COC(=O)c1ccc2[nH]cc(C(=O)C3C(C)(C)C3(C)C)c2c1.Cc1cc2cc(C(=O)O)ccc2[nH]1.